The maximum atomic E-state index is 6.59. The van der Waals surface area contributed by atoms with Crippen molar-refractivity contribution >= 4 is 66.7 Å². The number of pyridine rings is 2. The Morgan fingerprint density at radius 2 is 0.936 bits per heavy atom. The van der Waals surface area contributed by atoms with Gasteiger partial charge in [0.1, 0.15) is 23.0 Å². The van der Waals surface area contributed by atoms with Gasteiger partial charge in [-0.2, -0.15) is 0 Å². The summed E-state index contributed by atoms with van der Waals surface area (Å²) in [6, 6.07) is 40.9. The van der Waals surface area contributed by atoms with Crippen LogP contribution in [0.5, 0.6) is 23.0 Å². The van der Waals surface area contributed by atoms with Gasteiger partial charge in [-0.25, -0.2) is 0 Å². The van der Waals surface area contributed by atoms with E-state index in [4.69, 9.17) is 9.47 Å². The van der Waals surface area contributed by atoms with Crippen molar-refractivity contribution in [2.24, 2.45) is 0 Å². The van der Waals surface area contributed by atoms with Crippen LogP contribution in [0.25, 0.3) is 55.0 Å². The third kappa shape index (κ3) is 3.35. The van der Waals surface area contributed by atoms with E-state index in [1.54, 1.807) is 12.4 Å². The summed E-state index contributed by atoms with van der Waals surface area (Å²) in [7, 11) is 0. The van der Waals surface area contributed by atoms with Crippen molar-refractivity contribution in [2.45, 2.75) is 0 Å². The van der Waals surface area contributed by atoms with Gasteiger partial charge in [0.25, 0.3) is 6.71 Å². The van der Waals surface area contributed by atoms with Crippen LogP contribution < -0.4 is 25.9 Å². The Bertz CT molecular complexity index is 2660. The molecule has 0 fully saturated rings. The quantitative estimate of drug-likeness (QED) is 0.194. The normalized spacial score (nSPS) is 13.0. The van der Waals surface area contributed by atoms with E-state index in [9.17, 15) is 0 Å². The van der Waals surface area contributed by atoms with Crippen LogP contribution in [0.3, 0.4) is 0 Å². The lowest BCUT2D eigenvalue weighted by Crippen LogP contribution is -2.57. The molecule has 0 atom stereocenters. The molecule has 2 aliphatic heterocycles. The van der Waals surface area contributed by atoms with Crippen molar-refractivity contribution in [3.05, 3.63) is 140 Å². The van der Waals surface area contributed by atoms with Gasteiger partial charge in [0.15, 0.2) is 0 Å². The molecule has 2 aliphatic rings. The minimum atomic E-state index is -0.0733. The highest BCUT2D eigenvalue weighted by molar-refractivity contribution is 6.98. The summed E-state index contributed by atoms with van der Waals surface area (Å²) in [4.78, 5) is 8.87. The van der Waals surface area contributed by atoms with Crippen LogP contribution in [0.15, 0.2) is 140 Å². The highest BCUT2D eigenvalue weighted by Gasteiger charge is 2.41. The molecule has 4 aromatic heterocycles. The number of nitrogens with zero attached hydrogens (tertiary/aromatic N) is 4. The highest BCUT2D eigenvalue weighted by atomic mass is 16.5. The van der Waals surface area contributed by atoms with E-state index in [2.05, 4.69) is 122 Å². The zero-order valence-corrected chi connectivity index (χ0v) is 25.0. The van der Waals surface area contributed by atoms with Gasteiger partial charge in [-0.05, 0) is 59.5 Å². The highest BCUT2D eigenvalue weighted by Crippen LogP contribution is 2.40. The third-order valence-corrected chi connectivity index (χ3v) is 9.81. The third-order valence-electron chi connectivity index (χ3n) is 9.81. The first-order chi connectivity index (χ1) is 23.3. The first kappa shape index (κ1) is 24.9. The minimum Gasteiger partial charge on any atom is -0.458 e. The smallest absolute Gasteiger partial charge is 0.264 e. The molecule has 0 aliphatic carbocycles. The molecule has 0 amide bonds. The summed E-state index contributed by atoms with van der Waals surface area (Å²) in [5.74, 6) is 3.16. The second-order valence-electron chi connectivity index (χ2n) is 12.2. The van der Waals surface area contributed by atoms with Crippen molar-refractivity contribution in [3.63, 3.8) is 0 Å². The molecule has 0 N–H and O–H groups in total. The zero-order chi connectivity index (χ0) is 30.6. The molecular formula is C40H23BN4O2. The first-order valence-electron chi connectivity index (χ1n) is 15.8. The molecular weight excluding hydrogens is 579 g/mol. The predicted octanol–water partition coefficient (Wildman–Crippen LogP) is 7.40. The Morgan fingerprint density at radius 3 is 1.51 bits per heavy atom. The van der Waals surface area contributed by atoms with Crippen molar-refractivity contribution in [3.8, 4) is 34.4 Å². The maximum Gasteiger partial charge on any atom is 0.264 e. The van der Waals surface area contributed by atoms with Gasteiger partial charge in [0.2, 0.25) is 0 Å². The van der Waals surface area contributed by atoms with Crippen LogP contribution in [0.1, 0.15) is 0 Å². The van der Waals surface area contributed by atoms with Crippen LogP contribution in [0.2, 0.25) is 0 Å². The molecule has 0 saturated carbocycles. The van der Waals surface area contributed by atoms with Crippen LogP contribution in [-0.4, -0.2) is 25.8 Å². The minimum absolute atomic E-state index is 0.0733. The Morgan fingerprint density at radius 1 is 0.447 bits per heavy atom. The molecule has 6 heterocycles. The number of ether oxygens (including phenoxy) is 2. The fraction of sp³-hybridized carbons (Fsp3) is 0. The van der Waals surface area contributed by atoms with Gasteiger partial charge in [-0.3, -0.25) is 9.97 Å². The van der Waals surface area contributed by atoms with Crippen LogP contribution >= 0.6 is 0 Å². The lowest BCUT2D eigenvalue weighted by Gasteiger charge is -2.32. The summed E-state index contributed by atoms with van der Waals surface area (Å²) in [6.07, 6.45) is 7.34. The molecule has 47 heavy (non-hydrogen) atoms. The van der Waals surface area contributed by atoms with Gasteiger partial charge in [-0.15, -0.1) is 0 Å². The molecule has 218 valence electrons. The van der Waals surface area contributed by atoms with Gasteiger partial charge in [0.05, 0.1) is 27.8 Å². The van der Waals surface area contributed by atoms with Crippen molar-refractivity contribution in [2.75, 3.05) is 0 Å². The van der Waals surface area contributed by atoms with E-state index in [1.807, 2.05) is 24.5 Å². The second-order valence-corrected chi connectivity index (χ2v) is 12.2. The predicted molar refractivity (Wildman–Crippen MR) is 188 cm³/mol. The van der Waals surface area contributed by atoms with Crippen LogP contribution in [0, 0.1) is 0 Å². The van der Waals surface area contributed by atoms with Gasteiger partial charge in [-0.1, -0.05) is 54.6 Å². The number of rotatable bonds is 2. The summed E-state index contributed by atoms with van der Waals surface area (Å²) in [5.41, 5.74) is 9.75. The Balaban J connectivity index is 1.16. The van der Waals surface area contributed by atoms with E-state index in [0.717, 1.165) is 61.8 Å². The Labute approximate surface area is 269 Å². The maximum absolute atomic E-state index is 6.59. The van der Waals surface area contributed by atoms with E-state index < -0.39 is 0 Å². The fourth-order valence-electron chi connectivity index (χ4n) is 7.87. The molecule has 0 radical (unpaired) electrons. The van der Waals surface area contributed by atoms with Crippen LogP contribution in [-0.2, 0) is 0 Å². The second kappa shape index (κ2) is 9.11. The molecule has 0 saturated heterocycles. The fourth-order valence-corrected chi connectivity index (χ4v) is 7.87. The molecule has 0 bridgehead atoms. The van der Waals surface area contributed by atoms with Crippen molar-refractivity contribution in [1.29, 1.82) is 0 Å². The van der Waals surface area contributed by atoms with Crippen molar-refractivity contribution in [1.82, 2.24) is 19.1 Å². The monoisotopic (exact) mass is 602 g/mol. The van der Waals surface area contributed by atoms with E-state index in [-0.39, 0.29) is 6.71 Å². The standard InChI is InChI=1S/C40H23BN4O2/c1-4-10-32-26(7-1)27-8-2-5-11-33(27)44(32)24-13-14-35-29(19-24)28-9-3-6-12-34(28)45(35)25-20-38-40-39(21-25)47-37-16-18-43-23-31(37)41(40)30-22-42-17-15-36(30)46-38/h1-23H. The topological polar surface area (TPSA) is 54.1 Å². The Hall–Kier alpha value is -6.34. The average molecular weight is 602 g/mol. The number of aromatic nitrogens is 4. The number of para-hydroxylation sites is 3. The number of fused-ring (bicyclic) bond motifs is 10. The number of hydrogen-bond acceptors (Lipinski definition) is 4. The molecule has 0 unspecified atom stereocenters. The molecule has 5 aromatic carbocycles. The SMILES string of the molecule is c1ccc2c(c1)c1ccccc1n2-c1ccc2c(c1)c1ccccc1n2-c1cc2c3c(c1)Oc1ccncc1B3c1cnccc1O2. The summed E-state index contributed by atoms with van der Waals surface area (Å²) in [5, 5.41) is 4.87. The van der Waals surface area contributed by atoms with E-state index >= 15 is 0 Å². The van der Waals surface area contributed by atoms with E-state index in [0.29, 0.717) is 0 Å². The van der Waals surface area contributed by atoms with Crippen LogP contribution in [0.4, 0.5) is 0 Å². The molecule has 7 heteroatoms. The lowest BCUT2D eigenvalue weighted by atomic mass is 9.35. The summed E-state index contributed by atoms with van der Waals surface area (Å²) in [6.45, 7) is -0.0733. The largest absolute Gasteiger partial charge is 0.458 e. The van der Waals surface area contributed by atoms with Gasteiger partial charge < -0.3 is 18.6 Å². The number of benzene rings is 5. The molecule has 0 spiro atoms. The molecule has 9 aromatic rings. The first-order valence-corrected chi connectivity index (χ1v) is 15.8. The molecule has 11 rings (SSSR count). The average Bonchev–Trinajstić information content (AvgIpc) is 3.64. The van der Waals surface area contributed by atoms with Gasteiger partial charge >= 0.3 is 0 Å². The molecule has 6 nitrogen and oxygen atoms in total. The summed E-state index contributed by atoms with van der Waals surface area (Å²) < 4.78 is 17.9. The van der Waals surface area contributed by atoms with Crippen molar-refractivity contribution < 1.29 is 9.47 Å². The Kier molecular flexibility index (Phi) is 4.83. The lowest BCUT2D eigenvalue weighted by molar-refractivity contribution is 0.463. The zero-order valence-electron chi connectivity index (χ0n) is 25.0. The van der Waals surface area contributed by atoms with E-state index in [1.165, 1.54) is 32.6 Å². The summed E-state index contributed by atoms with van der Waals surface area (Å²) >= 11 is 0. The number of hydrogen-bond donors (Lipinski definition) is 0. The van der Waals surface area contributed by atoms with Gasteiger partial charge in [0, 0.05) is 69.6 Å².